The van der Waals surface area contributed by atoms with E-state index in [4.69, 9.17) is 0 Å². The van der Waals surface area contributed by atoms with Crippen molar-refractivity contribution in [1.29, 1.82) is 0 Å². The first-order chi connectivity index (χ1) is 9.06. The summed E-state index contributed by atoms with van der Waals surface area (Å²) in [7, 11) is 2.15. The highest BCUT2D eigenvalue weighted by Crippen LogP contribution is 2.36. The molecule has 1 N–H and O–H groups in total. The maximum Gasteiger partial charge on any atom is 0.251 e. The van der Waals surface area contributed by atoms with E-state index in [2.05, 4.69) is 36.0 Å². The second-order valence-electron chi connectivity index (χ2n) is 5.88. The number of allylic oxidation sites excluding steroid dienone is 1. The molecule has 0 saturated carbocycles. The highest BCUT2D eigenvalue weighted by Gasteiger charge is 2.36. The summed E-state index contributed by atoms with van der Waals surface area (Å²) in [5.41, 5.74) is 4.09. The Bertz CT molecular complexity index is 550. The molecule has 2 aliphatic rings. The molecule has 100 valence electrons. The maximum absolute atomic E-state index is 12.2. The molecular weight excluding hydrogens is 236 g/mol. The number of likely N-dealkylation sites (N-methyl/N-ethyl adjacent to an activating group) is 1. The molecule has 1 amide bonds. The molecule has 0 bridgehead atoms. The molecule has 1 aromatic carbocycles. The Morgan fingerprint density at radius 3 is 2.95 bits per heavy atom. The number of rotatable bonds is 1. The van der Waals surface area contributed by atoms with Gasteiger partial charge in [0.05, 0.1) is 0 Å². The van der Waals surface area contributed by atoms with Crippen molar-refractivity contribution < 1.29 is 4.79 Å². The Morgan fingerprint density at radius 1 is 1.42 bits per heavy atom. The largest absolute Gasteiger partial charge is 0.352 e. The van der Waals surface area contributed by atoms with Gasteiger partial charge in [-0.15, -0.1) is 0 Å². The first kappa shape index (κ1) is 12.4. The third-order valence-corrected chi connectivity index (χ3v) is 4.34. The van der Waals surface area contributed by atoms with Crippen molar-refractivity contribution in [2.24, 2.45) is 5.92 Å². The number of likely N-dealkylation sites (tertiary alicyclic amines) is 1. The fourth-order valence-electron chi connectivity index (χ4n) is 3.31. The lowest BCUT2D eigenvalue weighted by Gasteiger charge is -2.16. The smallest absolute Gasteiger partial charge is 0.251 e. The van der Waals surface area contributed by atoms with Crippen LogP contribution in [0.2, 0.25) is 0 Å². The van der Waals surface area contributed by atoms with Crippen LogP contribution in [0.3, 0.4) is 0 Å². The van der Waals surface area contributed by atoms with Crippen LogP contribution in [0, 0.1) is 5.92 Å². The Kier molecular flexibility index (Phi) is 2.94. The molecular formula is C16H20N2O. The molecule has 3 heteroatoms. The molecule has 0 spiro atoms. The van der Waals surface area contributed by atoms with E-state index >= 15 is 0 Å². The van der Waals surface area contributed by atoms with Gasteiger partial charge < -0.3 is 10.2 Å². The number of hydrogen-bond acceptors (Lipinski definition) is 2. The lowest BCUT2D eigenvalue weighted by atomic mass is 9.86. The number of nitrogens with one attached hydrogen (secondary N) is 1. The first-order valence-electron chi connectivity index (χ1n) is 6.83. The Labute approximate surface area is 114 Å². The van der Waals surface area contributed by atoms with Gasteiger partial charge in [0.2, 0.25) is 0 Å². The van der Waals surface area contributed by atoms with Crippen LogP contribution in [0.15, 0.2) is 24.8 Å². The normalized spacial score (nSPS) is 26.3. The average molecular weight is 256 g/mol. The van der Waals surface area contributed by atoms with Gasteiger partial charge >= 0.3 is 0 Å². The van der Waals surface area contributed by atoms with Crippen molar-refractivity contribution in [1.82, 2.24) is 10.2 Å². The maximum atomic E-state index is 12.2. The summed E-state index contributed by atoms with van der Waals surface area (Å²) in [4.78, 5) is 14.6. The summed E-state index contributed by atoms with van der Waals surface area (Å²) in [6, 6.07) is 6.21. The lowest BCUT2D eigenvalue weighted by Crippen LogP contribution is -2.29. The number of benzene rings is 1. The number of carbonyl (C=O) groups is 1. The number of amides is 1. The predicted molar refractivity (Wildman–Crippen MR) is 77.2 cm³/mol. The fourth-order valence-corrected chi connectivity index (χ4v) is 3.31. The first-order valence-corrected chi connectivity index (χ1v) is 6.83. The minimum absolute atomic E-state index is 0.0650. The van der Waals surface area contributed by atoms with Crippen LogP contribution in [0.5, 0.6) is 0 Å². The zero-order valence-corrected chi connectivity index (χ0v) is 11.6. The zero-order valence-electron chi connectivity index (χ0n) is 11.6. The zero-order chi connectivity index (χ0) is 13.6. The summed E-state index contributed by atoms with van der Waals surface area (Å²) in [5.74, 6) is 1.07. The minimum Gasteiger partial charge on any atom is -0.352 e. The van der Waals surface area contributed by atoms with E-state index in [1.165, 1.54) is 5.56 Å². The van der Waals surface area contributed by atoms with Gasteiger partial charge in [-0.3, -0.25) is 4.79 Å². The van der Waals surface area contributed by atoms with Crippen LogP contribution in [-0.2, 0) is 0 Å². The summed E-state index contributed by atoms with van der Waals surface area (Å²) in [6.07, 6.45) is 0. The number of carbonyl (C=O) groups excluding carboxylic acids is 1. The molecule has 3 nitrogen and oxygen atoms in total. The molecule has 1 fully saturated rings. The van der Waals surface area contributed by atoms with E-state index in [1.807, 2.05) is 13.0 Å². The van der Waals surface area contributed by atoms with E-state index < -0.39 is 0 Å². The number of fused-ring (bicyclic) bond motifs is 3. The van der Waals surface area contributed by atoms with Gasteiger partial charge in [0.25, 0.3) is 5.91 Å². The van der Waals surface area contributed by atoms with Crippen LogP contribution >= 0.6 is 0 Å². The molecule has 19 heavy (non-hydrogen) atoms. The van der Waals surface area contributed by atoms with Crippen LogP contribution < -0.4 is 5.32 Å². The SMILES string of the molecule is C=C(C)c1ccc2c(c1)C(=O)NC[C@@H]1CN(C)C[C@@H]21. The van der Waals surface area contributed by atoms with Crippen molar-refractivity contribution in [3.63, 3.8) is 0 Å². The standard InChI is InChI=1S/C16H20N2O/c1-10(2)11-4-5-13-14(6-11)16(19)17-7-12-8-18(3)9-15(12)13/h4-6,12,15H,1,7-9H2,2-3H3,(H,17,19)/t12-,15-/m1/s1. The van der Waals surface area contributed by atoms with Gasteiger partial charge in [0.15, 0.2) is 0 Å². The second-order valence-corrected chi connectivity index (χ2v) is 5.88. The quantitative estimate of drug-likeness (QED) is 0.834. The summed E-state index contributed by atoms with van der Waals surface area (Å²) < 4.78 is 0. The monoisotopic (exact) mass is 256 g/mol. The third-order valence-electron chi connectivity index (χ3n) is 4.34. The lowest BCUT2D eigenvalue weighted by molar-refractivity contribution is 0.0951. The topological polar surface area (TPSA) is 32.3 Å². The number of hydrogen-bond donors (Lipinski definition) is 1. The van der Waals surface area contributed by atoms with Crippen molar-refractivity contribution >= 4 is 11.5 Å². The van der Waals surface area contributed by atoms with E-state index in [0.717, 1.165) is 36.3 Å². The molecule has 2 atom stereocenters. The van der Waals surface area contributed by atoms with Crippen molar-refractivity contribution in [2.75, 3.05) is 26.7 Å². The molecule has 1 saturated heterocycles. The molecule has 0 aliphatic carbocycles. The molecule has 2 aliphatic heterocycles. The van der Waals surface area contributed by atoms with Crippen LogP contribution in [0.25, 0.3) is 5.57 Å². The Hall–Kier alpha value is -1.61. The summed E-state index contributed by atoms with van der Waals surface area (Å²) in [6.45, 7) is 8.82. The van der Waals surface area contributed by atoms with Gasteiger partial charge in [-0.25, -0.2) is 0 Å². The van der Waals surface area contributed by atoms with Crippen molar-refractivity contribution in [3.05, 3.63) is 41.5 Å². The highest BCUT2D eigenvalue weighted by molar-refractivity contribution is 5.97. The van der Waals surface area contributed by atoms with Gasteiger partial charge in [0, 0.05) is 31.1 Å². The van der Waals surface area contributed by atoms with E-state index in [0.29, 0.717) is 11.8 Å². The molecule has 1 aromatic rings. The van der Waals surface area contributed by atoms with Gasteiger partial charge in [0.1, 0.15) is 0 Å². The van der Waals surface area contributed by atoms with Crippen LogP contribution in [0.1, 0.15) is 34.3 Å². The molecule has 0 unspecified atom stereocenters. The minimum atomic E-state index is 0.0650. The Morgan fingerprint density at radius 2 is 2.21 bits per heavy atom. The summed E-state index contributed by atoms with van der Waals surface area (Å²) in [5, 5.41) is 3.06. The molecule has 0 aromatic heterocycles. The second kappa shape index (κ2) is 4.49. The third kappa shape index (κ3) is 2.08. The van der Waals surface area contributed by atoms with Crippen LogP contribution in [0.4, 0.5) is 0 Å². The van der Waals surface area contributed by atoms with Gasteiger partial charge in [-0.05, 0) is 37.1 Å². The van der Waals surface area contributed by atoms with Gasteiger partial charge in [-0.2, -0.15) is 0 Å². The average Bonchev–Trinajstić information content (AvgIpc) is 2.70. The van der Waals surface area contributed by atoms with E-state index in [1.54, 1.807) is 0 Å². The predicted octanol–water partition coefficient (Wildman–Crippen LogP) is 2.11. The van der Waals surface area contributed by atoms with Gasteiger partial charge in [-0.1, -0.05) is 24.3 Å². The highest BCUT2D eigenvalue weighted by atomic mass is 16.1. The summed E-state index contributed by atoms with van der Waals surface area (Å²) >= 11 is 0. The van der Waals surface area contributed by atoms with E-state index in [-0.39, 0.29) is 5.91 Å². The van der Waals surface area contributed by atoms with Crippen molar-refractivity contribution in [2.45, 2.75) is 12.8 Å². The molecule has 0 radical (unpaired) electrons. The van der Waals surface area contributed by atoms with E-state index in [9.17, 15) is 4.79 Å². The fraction of sp³-hybridized carbons (Fsp3) is 0.438. The number of nitrogens with zero attached hydrogens (tertiary/aromatic N) is 1. The Balaban J connectivity index is 2.08. The van der Waals surface area contributed by atoms with Crippen LogP contribution in [-0.4, -0.2) is 37.5 Å². The molecule has 2 heterocycles. The molecule has 3 rings (SSSR count). The van der Waals surface area contributed by atoms with Crippen molar-refractivity contribution in [3.8, 4) is 0 Å².